The molecule has 0 aliphatic carbocycles. The van der Waals surface area contributed by atoms with Crippen LogP contribution >= 0.6 is 0 Å². The van der Waals surface area contributed by atoms with E-state index in [0.29, 0.717) is 5.56 Å². The maximum Gasteiger partial charge on any atom is 0.185 e. The maximum absolute atomic E-state index is 12.7. The SMILES string of the molecule is O=C(/C=C/c1ccc(F)cc1)c1ccncc1. The maximum atomic E-state index is 12.7. The number of ketones is 1. The fourth-order valence-electron chi connectivity index (χ4n) is 1.36. The van der Waals surface area contributed by atoms with Crippen molar-refractivity contribution in [2.45, 2.75) is 0 Å². The van der Waals surface area contributed by atoms with Gasteiger partial charge in [0, 0.05) is 18.0 Å². The molecule has 2 rings (SSSR count). The van der Waals surface area contributed by atoms with Gasteiger partial charge in [-0.25, -0.2) is 4.39 Å². The molecule has 0 saturated heterocycles. The highest BCUT2D eigenvalue weighted by Crippen LogP contribution is 2.06. The monoisotopic (exact) mass is 227 g/mol. The largest absolute Gasteiger partial charge is 0.289 e. The van der Waals surface area contributed by atoms with E-state index in [-0.39, 0.29) is 11.6 Å². The van der Waals surface area contributed by atoms with Crippen LogP contribution in [0.15, 0.2) is 54.9 Å². The molecule has 0 atom stereocenters. The predicted octanol–water partition coefficient (Wildman–Crippen LogP) is 3.12. The van der Waals surface area contributed by atoms with E-state index in [1.54, 1.807) is 42.7 Å². The Morgan fingerprint density at radius 1 is 1.06 bits per heavy atom. The van der Waals surface area contributed by atoms with Crippen molar-refractivity contribution in [3.63, 3.8) is 0 Å². The number of carbonyl (C=O) groups excluding carboxylic acids is 1. The van der Waals surface area contributed by atoms with Crippen LogP contribution in [0.5, 0.6) is 0 Å². The van der Waals surface area contributed by atoms with Crippen LogP contribution < -0.4 is 0 Å². The Hall–Kier alpha value is -2.29. The highest BCUT2D eigenvalue weighted by molar-refractivity contribution is 6.06. The molecule has 0 fully saturated rings. The van der Waals surface area contributed by atoms with Crippen molar-refractivity contribution in [2.75, 3.05) is 0 Å². The molecule has 0 unspecified atom stereocenters. The Balaban J connectivity index is 2.11. The number of allylic oxidation sites excluding steroid dienone is 1. The number of benzene rings is 1. The summed E-state index contributed by atoms with van der Waals surface area (Å²) in [7, 11) is 0. The van der Waals surface area contributed by atoms with Gasteiger partial charge in [-0.2, -0.15) is 0 Å². The van der Waals surface area contributed by atoms with Crippen LogP contribution in [0, 0.1) is 5.82 Å². The Labute approximate surface area is 98.4 Å². The van der Waals surface area contributed by atoms with Gasteiger partial charge in [0.25, 0.3) is 0 Å². The van der Waals surface area contributed by atoms with E-state index in [4.69, 9.17) is 0 Å². The predicted molar refractivity (Wildman–Crippen MR) is 64.0 cm³/mol. The normalized spacial score (nSPS) is 10.6. The first-order valence-electron chi connectivity index (χ1n) is 5.14. The third-order valence-electron chi connectivity index (χ3n) is 2.26. The molecule has 1 aromatic heterocycles. The molecule has 0 amide bonds. The summed E-state index contributed by atoms with van der Waals surface area (Å²) >= 11 is 0. The second kappa shape index (κ2) is 5.16. The molecular weight excluding hydrogens is 217 g/mol. The van der Waals surface area contributed by atoms with Gasteiger partial charge in [0.15, 0.2) is 5.78 Å². The highest BCUT2D eigenvalue weighted by atomic mass is 19.1. The molecule has 0 aliphatic rings. The molecule has 0 saturated carbocycles. The zero-order chi connectivity index (χ0) is 12.1. The number of pyridine rings is 1. The van der Waals surface area contributed by atoms with Gasteiger partial charge in [0.05, 0.1) is 0 Å². The lowest BCUT2D eigenvalue weighted by atomic mass is 10.1. The zero-order valence-electron chi connectivity index (χ0n) is 9.01. The third kappa shape index (κ3) is 3.08. The van der Waals surface area contributed by atoms with Gasteiger partial charge in [-0.05, 0) is 35.9 Å². The van der Waals surface area contributed by atoms with E-state index in [9.17, 15) is 9.18 Å². The molecule has 2 aromatic rings. The summed E-state index contributed by atoms with van der Waals surface area (Å²) in [6.45, 7) is 0. The van der Waals surface area contributed by atoms with Gasteiger partial charge in [0.2, 0.25) is 0 Å². The van der Waals surface area contributed by atoms with Crippen molar-refractivity contribution in [1.82, 2.24) is 4.98 Å². The van der Waals surface area contributed by atoms with Gasteiger partial charge < -0.3 is 0 Å². The first kappa shape index (κ1) is 11.2. The van der Waals surface area contributed by atoms with Crippen molar-refractivity contribution >= 4 is 11.9 Å². The minimum absolute atomic E-state index is 0.100. The molecule has 0 N–H and O–H groups in total. The molecule has 0 spiro atoms. The molecule has 1 aromatic carbocycles. The number of nitrogens with zero attached hydrogens (tertiary/aromatic N) is 1. The van der Waals surface area contributed by atoms with Crippen LogP contribution in [-0.4, -0.2) is 10.8 Å². The van der Waals surface area contributed by atoms with Crippen LogP contribution in [-0.2, 0) is 0 Å². The van der Waals surface area contributed by atoms with E-state index in [0.717, 1.165) is 5.56 Å². The van der Waals surface area contributed by atoms with Crippen molar-refractivity contribution in [2.24, 2.45) is 0 Å². The third-order valence-corrected chi connectivity index (χ3v) is 2.26. The van der Waals surface area contributed by atoms with E-state index in [1.807, 2.05) is 0 Å². The molecule has 17 heavy (non-hydrogen) atoms. The lowest BCUT2D eigenvalue weighted by molar-refractivity contribution is 0.104. The summed E-state index contributed by atoms with van der Waals surface area (Å²) in [5, 5.41) is 0. The quantitative estimate of drug-likeness (QED) is 0.595. The smallest absolute Gasteiger partial charge is 0.185 e. The Morgan fingerprint density at radius 2 is 1.71 bits per heavy atom. The standard InChI is InChI=1S/C14H10FNO/c15-13-4-1-11(2-5-13)3-6-14(17)12-7-9-16-10-8-12/h1-10H/b6-3+. The first-order valence-corrected chi connectivity index (χ1v) is 5.14. The van der Waals surface area contributed by atoms with Gasteiger partial charge >= 0.3 is 0 Å². The van der Waals surface area contributed by atoms with Crippen LogP contribution in [0.3, 0.4) is 0 Å². The average Bonchev–Trinajstić information content (AvgIpc) is 2.39. The summed E-state index contributed by atoms with van der Waals surface area (Å²) in [6.07, 6.45) is 6.25. The van der Waals surface area contributed by atoms with Crippen LogP contribution in [0.1, 0.15) is 15.9 Å². The zero-order valence-corrected chi connectivity index (χ0v) is 9.01. The second-order valence-corrected chi connectivity index (χ2v) is 3.49. The van der Waals surface area contributed by atoms with Crippen molar-refractivity contribution < 1.29 is 9.18 Å². The molecule has 0 aliphatic heterocycles. The Bertz CT molecular complexity index is 532. The highest BCUT2D eigenvalue weighted by Gasteiger charge is 1.99. The van der Waals surface area contributed by atoms with E-state index in [2.05, 4.69) is 4.98 Å². The Morgan fingerprint density at radius 3 is 2.35 bits per heavy atom. The number of halogens is 1. The fraction of sp³-hybridized carbons (Fsp3) is 0. The molecule has 1 heterocycles. The molecule has 0 radical (unpaired) electrons. The summed E-state index contributed by atoms with van der Waals surface area (Å²) in [5.41, 5.74) is 1.37. The summed E-state index contributed by atoms with van der Waals surface area (Å²) in [5.74, 6) is -0.390. The summed E-state index contributed by atoms with van der Waals surface area (Å²) in [6, 6.07) is 9.25. The number of hydrogen-bond acceptors (Lipinski definition) is 2. The van der Waals surface area contributed by atoms with E-state index in [1.165, 1.54) is 18.2 Å². The van der Waals surface area contributed by atoms with Crippen molar-refractivity contribution in [3.05, 3.63) is 71.8 Å². The van der Waals surface area contributed by atoms with Crippen molar-refractivity contribution in [3.8, 4) is 0 Å². The minimum atomic E-state index is -0.289. The molecule has 84 valence electrons. The number of carbonyl (C=O) groups is 1. The van der Waals surface area contributed by atoms with E-state index >= 15 is 0 Å². The fourth-order valence-corrected chi connectivity index (χ4v) is 1.36. The number of aromatic nitrogens is 1. The number of rotatable bonds is 3. The minimum Gasteiger partial charge on any atom is -0.289 e. The molecule has 2 nitrogen and oxygen atoms in total. The van der Waals surface area contributed by atoms with E-state index < -0.39 is 0 Å². The van der Waals surface area contributed by atoms with Crippen molar-refractivity contribution in [1.29, 1.82) is 0 Å². The van der Waals surface area contributed by atoms with Crippen LogP contribution in [0.2, 0.25) is 0 Å². The van der Waals surface area contributed by atoms with Gasteiger partial charge in [-0.1, -0.05) is 18.2 Å². The summed E-state index contributed by atoms with van der Waals surface area (Å²) in [4.78, 5) is 15.5. The first-order chi connectivity index (χ1) is 8.25. The van der Waals surface area contributed by atoms with Crippen LogP contribution in [0.25, 0.3) is 6.08 Å². The number of hydrogen-bond donors (Lipinski definition) is 0. The molecule has 3 heteroatoms. The summed E-state index contributed by atoms with van der Waals surface area (Å²) < 4.78 is 12.7. The second-order valence-electron chi connectivity index (χ2n) is 3.49. The van der Waals surface area contributed by atoms with Crippen LogP contribution in [0.4, 0.5) is 4.39 Å². The van der Waals surface area contributed by atoms with Gasteiger partial charge in [-0.3, -0.25) is 9.78 Å². The lowest BCUT2D eigenvalue weighted by Gasteiger charge is -1.94. The average molecular weight is 227 g/mol. The van der Waals surface area contributed by atoms with Gasteiger partial charge in [0.1, 0.15) is 5.82 Å². The molecule has 0 bridgehead atoms. The topological polar surface area (TPSA) is 30.0 Å². The Kier molecular flexibility index (Phi) is 3.40. The van der Waals surface area contributed by atoms with Gasteiger partial charge in [-0.15, -0.1) is 0 Å². The molecular formula is C14H10FNO. The lowest BCUT2D eigenvalue weighted by Crippen LogP contribution is -1.93.